The fourth-order valence-electron chi connectivity index (χ4n) is 3.98. The number of carbonyl (C=O) groups excluding carboxylic acids is 1. The molecule has 1 aromatic heterocycles. The Kier molecular flexibility index (Phi) is 7.60. The molecule has 0 saturated carbocycles. The van der Waals surface area contributed by atoms with E-state index in [1.807, 2.05) is 25.1 Å². The van der Waals surface area contributed by atoms with Crippen molar-refractivity contribution in [2.75, 3.05) is 59.4 Å². The van der Waals surface area contributed by atoms with Crippen LogP contribution < -0.4 is 14.4 Å². The minimum atomic E-state index is -3.54. The number of amides is 1. The second-order valence-corrected chi connectivity index (χ2v) is 11.5. The number of rotatable bonds is 9. The average molecular weight is 519 g/mol. The van der Waals surface area contributed by atoms with Crippen molar-refractivity contribution in [1.82, 2.24) is 14.2 Å². The highest BCUT2D eigenvalue weighted by molar-refractivity contribution is 7.89. The highest BCUT2D eigenvalue weighted by Gasteiger charge is 2.28. The molecule has 0 aliphatic carbocycles. The predicted octanol–water partition coefficient (Wildman–Crippen LogP) is 3.31. The molecule has 9 nitrogen and oxygen atoms in total. The third-order valence-corrected chi connectivity index (χ3v) is 8.96. The average Bonchev–Trinajstić information content (AvgIpc) is 3.54. The van der Waals surface area contributed by atoms with Gasteiger partial charge in [0.1, 0.15) is 21.7 Å². The molecule has 188 valence electrons. The van der Waals surface area contributed by atoms with Crippen LogP contribution in [0.15, 0.2) is 41.3 Å². The Hall–Kier alpha value is -2.73. The minimum absolute atomic E-state index is 0.199. The summed E-state index contributed by atoms with van der Waals surface area (Å²) >= 11 is 1.35. The third kappa shape index (κ3) is 5.13. The number of hydrogen-bond donors (Lipinski definition) is 0. The maximum atomic E-state index is 13.6. The molecule has 0 N–H and O–H groups in total. The van der Waals surface area contributed by atoms with Gasteiger partial charge in [-0.15, -0.1) is 0 Å². The van der Waals surface area contributed by atoms with Gasteiger partial charge in [0, 0.05) is 31.7 Å². The molecule has 1 fully saturated rings. The van der Waals surface area contributed by atoms with E-state index in [9.17, 15) is 13.2 Å². The fraction of sp³-hybridized carbons (Fsp3) is 0.417. The number of nitrogens with zero attached hydrogens (tertiary/aromatic N) is 4. The van der Waals surface area contributed by atoms with E-state index in [4.69, 9.17) is 14.5 Å². The molecule has 0 atom stereocenters. The van der Waals surface area contributed by atoms with E-state index in [1.165, 1.54) is 27.8 Å². The van der Waals surface area contributed by atoms with Crippen LogP contribution in [0.5, 0.6) is 11.5 Å². The van der Waals surface area contributed by atoms with Gasteiger partial charge in [-0.1, -0.05) is 11.3 Å². The topological polar surface area (TPSA) is 92.3 Å². The Balaban J connectivity index is 1.68. The van der Waals surface area contributed by atoms with E-state index in [0.29, 0.717) is 53.9 Å². The summed E-state index contributed by atoms with van der Waals surface area (Å²) in [5.74, 6) is 0.995. The molecule has 0 unspecified atom stereocenters. The summed E-state index contributed by atoms with van der Waals surface area (Å²) in [7, 11) is 3.49. The number of thiazole rings is 1. The van der Waals surface area contributed by atoms with Crippen molar-refractivity contribution in [2.24, 2.45) is 0 Å². The molecule has 0 radical (unpaired) electrons. The van der Waals surface area contributed by atoms with Gasteiger partial charge in [0.25, 0.3) is 5.91 Å². The Labute approximate surface area is 209 Å². The lowest BCUT2D eigenvalue weighted by Gasteiger charge is -2.22. The van der Waals surface area contributed by atoms with E-state index in [0.717, 1.165) is 17.5 Å². The van der Waals surface area contributed by atoms with Crippen molar-refractivity contribution in [1.29, 1.82) is 0 Å². The summed E-state index contributed by atoms with van der Waals surface area (Å²) in [6, 6.07) is 9.76. The van der Waals surface area contributed by atoms with Crippen LogP contribution in [0.3, 0.4) is 0 Å². The highest BCUT2D eigenvalue weighted by atomic mass is 32.2. The highest BCUT2D eigenvalue weighted by Crippen LogP contribution is 2.40. The van der Waals surface area contributed by atoms with Gasteiger partial charge in [-0.2, -0.15) is 4.31 Å². The van der Waals surface area contributed by atoms with Crippen molar-refractivity contribution >= 4 is 42.6 Å². The van der Waals surface area contributed by atoms with Gasteiger partial charge in [0.2, 0.25) is 10.0 Å². The molecule has 0 bridgehead atoms. The van der Waals surface area contributed by atoms with E-state index in [2.05, 4.69) is 0 Å². The summed E-state index contributed by atoms with van der Waals surface area (Å²) in [4.78, 5) is 22.1. The number of fused-ring (bicyclic) bond motifs is 1. The van der Waals surface area contributed by atoms with Gasteiger partial charge >= 0.3 is 0 Å². The molecular weight excluding hydrogens is 488 g/mol. The molecule has 4 rings (SSSR count). The molecule has 1 aliphatic rings. The van der Waals surface area contributed by atoms with Crippen LogP contribution in [0.25, 0.3) is 10.2 Å². The number of hydrogen-bond acceptors (Lipinski definition) is 8. The van der Waals surface area contributed by atoms with Crippen LogP contribution in [0.4, 0.5) is 5.13 Å². The summed E-state index contributed by atoms with van der Waals surface area (Å²) in [6.45, 7) is 2.10. The quantitative estimate of drug-likeness (QED) is 0.429. The molecule has 2 aromatic carbocycles. The number of aromatic nitrogens is 1. The Morgan fingerprint density at radius 2 is 1.63 bits per heavy atom. The van der Waals surface area contributed by atoms with Crippen molar-refractivity contribution in [2.45, 2.75) is 17.7 Å². The molecule has 1 amide bonds. The number of sulfonamides is 1. The number of ether oxygens (including phenoxy) is 2. The van der Waals surface area contributed by atoms with Crippen LogP contribution in [0.2, 0.25) is 0 Å². The smallest absolute Gasteiger partial charge is 0.260 e. The van der Waals surface area contributed by atoms with E-state index in [1.54, 1.807) is 37.3 Å². The molecular formula is C24H30N4O5S2. The maximum absolute atomic E-state index is 13.6. The van der Waals surface area contributed by atoms with Crippen LogP contribution in [0, 0.1) is 0 Å². The molecule has 11 heteroatoms. The lowest BCUT2D eigenvalue weighted by atomic mass is 10.2. The Bertz CT molecular complexity index is 1260. The van der Waals surface area contributed by atoms with Crippen LogP contribution >= 0.6 is 11.3 Å². The summed E-state index contributed by atoms with van der Waals surface area (Å²) < 4.78 is 39.0. The molecule has 1 aliphatic heterocycles. The number of likely N-dealkylation sites (N-methyl/N-ethyl adjacent to an activating group) is 1. The lowest BCUT2D eigenvalue weighted by molar-refractivity contribution is 0.0985. The van der Waals surface area contributed by atoms with Crippen LogP contribution in [0.1, 0.15) is 23.2 Å². The molecule has 1 saturated heterocycles. The fourth-order valence-corrected chi connectivity index (χ4v) is 6.59. The van der Waals surface area contributed by atoms with Crippen molar-refractivity contribution in [3.05, 3.63) is 42.0 Å². The first kappa shape index (κ1) is 25.4. The SMILES string of the molecule is COc1ccc(OC)c2sc(N(CCN(C)C)C(=O)c3ccc(S(=O)(=O)N4CCCC4)cc3)nc12. The second-order valence-electron chi connectivity index (χ2n) is 8.54. The van der Waals surface area contributed by atoms with E-state index >= 15 is 0 Å². The summed E-state index contributed by atoms with van der Waals surface area (Å²) in [5.41, 5.74) is 1.02. The van der Waals surface area contributed by atoms with E-state index < -0.39 is 10.0 Å². The van der Waals surface area contributed by atoms with Gasteiger partial charge < -0.3 is 14.4 Å². The first-order chi connectivity index (χ1) is 16.8. The first-order valence-electron chi connectivity index (χ1n) is 11.3. The van der Waals surface area contributed by atoms with E-state index in [-0.39, 0.29) is 10.8 Å². The van der Waals surface area contributed by atoms with Gasteiger partial charge in [0.05, 0.1) is 19.1 Å². The zero-order valence-electron chi connectivity index (χ0n) is 20.4. The molecule has 0 spiro atoms. The molecule has 3 aromatic rings. The summed E-state index contributed by atoms with van der Waals surface area (Å²) in [5, 5.41) is 0.517. The van der Waals surface area contributed by atoms with Gasteiger partial charge in [-0.05, 0) is 63.3 Å². The normalized spacial score (nSPS) is 14.5. The monoisotopic (exact) mass is 518 g/mol. The largest absolute Gasteiger partial charge is 0.495 e. The van der Waals surface area contributed by atoms with Gasteiger partial charge in [-0.25, -0.2) is 13.4 Å². The van der Waals surface area contributed by atoms with Crippen molar-refractivity contribution < 1.29 is 22.7 Å². The number of anilines is 1. The van der Waals surface area contributed by atoms with Crippen molar-refractivity contribution in [3.63, 3.8) is 0 Å². The standard InChI is InChI=1S/C24H30N4O5S2/c1-26(2)15-16-28(24-25-21-19(32-3)11-12-20(33-4)22(21)34-24)23(29)17-7-9-18(10-8-17)35(30,31)27-13-5-6-14-27/h7-12H,5-6,13-16H2,1-4H3. The lowest BCUT2D eigenvalue weighted by Crippen LogP contribution is -2.36. The van der Waals surface area contributed by atoms with Gasteiger partial charge in [-0.3, -0.25) is 9.69 Å². The summed E-state index contributed by atoms with van der Waals surface area (Å²) in [6.07, 6.45) is 1.74. The van der Waals surface area contributed by atoms with Crippen LogP contribution in [-0.2, 0) is 10.0 Å². The first-order valence-corrected chi connectivity index (χ1v) is 13.6. The Morgan fingerprint density at radius 3 is 2.23 bits per heavy atom. The molecule has 35 heavy (non-hydrogen) atoms. The third-order valence-electron chi connectivity index (χ3n) is 5.95. The zero-order valence-corrected chi connectivity index (χ0v) is 22.0. The zero-order chi connectivity index (χ0) is 25.2. The number of methoxy groups -OCH3 is 2. The predicted molar refractivity (Wildman–Crippen MR) is 137 cm³/mol. The maximum Gasteiger partial charge on any atom is 0.260 e. The number of carbonyl (C=O) groups is 1. The minimum Gasteiger partial charge on any atom is -0.495 e. The molecule has 2 heterocycles. The van der Waals surface area contributed by atoms with Crippen LogP contribution in [-0.4, -0.2) is 83.0 Å². The van der Waals surface area contributed by atoms with Gasteiger partial charge in [0.15, 0.2) is 5.13 Å². The second kappa shape index (κ2) is 10.5. The number of benzene rings is 2. The van der Waals surface area contributed by atoms with Crippen molar-refractivity contribution in [3.8, 4) is 11.5 Å². The Morgan fingerprint density at radius 1 is 1.00 bits per heavy atom.